The topological polar surface area (TPSA) is 77.0 Å². The van der Waals surface area contributed by atoms with Gasteiger partial charge in [0.25, 0.3) is 0 Å². The van der Waals surface area contributed by atoms with E-state index in [0.29, 0.717) is 5.84 Å². The molecule has 6 nitrogen and oxygen atoms in total. The third kappa shape index (κ3) is 1.05. The fraction of sp³-hybridized carbons (Fsp3) is 0. The molecule has 0 spiro atoms. The number of nitrogens with zero attached hydrogens (tertiary/aromatic N) is 6. The molecule has 0 bridgehead atoms. The monoisotopic (exact) mass is 147 g/mol. The molecule has 1 aliphatic rings. The Morgan fingerprint density at radius 1 is 1.09 bits per heavy atom. The second kappa shape index (κ2) is 2.41. The van der Waals surface area contributed by atoms with Crippen LogP contribution < -0.4 is 5.53 Å². The Morgan fingerprint density at radius 3 is 2.55 bits per heavy atom. The van der Waals surface area contributed by atoms with Gasteiger partial charge >= 0.3 is 0 Å². The highest BCUT2D eigenvalue weighted by Crippen LogP contribution is 2.02. The first kappa shape index (κ1) is 5.90. The fourth-order valence-electron chi connectivity index (χ4n) is 0.675. The minimum Gasteiger partial charge on any atom is -0.244 e. The van der Waals surface area contributed by atoms with E-state index in [0.717, 1.165) is 5.56 Å². The van der Waals surface area contributed by atoms with Crippen LogP contribution in [0, 0.1) is 0 Å². The predicted octanol–water partition coefficient (Wildman–Crippen LogP) is 0.123. The molecule has 1 aromatic rings. The van der Waals surface area contributed by atoms with Gasteiger partial charge in [-0.2, -0.15) is 0 Å². The van der Waals surface area contributed by atoms with Crippen LogP contribution in [0.5, 0.6) is 0 Å². The van der Waals surface area contributed by atoms with Gasteiger partial charge in [-0.25, -0.2) is 9.97 Å². The van der Waals surface area contributed by atoms with Gasteiger partial charge in [0.1, 0.15) is 6.33 Å². The van der Waals surface area contributed by atoms with Crippen molar-refractivity contribution in [2.24, 2.45) is 15.4 Å². The summed E-state index contributed by atoms with van der Waals surface area (Å²) in [6.07, 6.45) is 4.64. The van der Waals surface area contributed by atoms with Crippen molar-refractivity contribution < 1.29 is 0 Å². The molecule has 0 unspecified atom stereocenters. The second-order valence-electron chi connectivity index (χ2n) is 1.83. The van der Waals surface area contributed by atoms with Crippen molar-refractivity contribution >= 4 is 5.84 Å². The van der Waals surface area contributed by atoms with E-state index in [9.17, 15) is 0 Å². The highest BCUT2D eigenvalue weighted by molar-refractivity contribution is 5.98. The van der Waals surface area contributed by atoms with E-state index in [1.54, 1.807) is 12.4 Å². The van der Waals surface area contributed by atoms with Gasteiger partial charge < -0.3 is 0 Å². The van der Waals surface area contributed by atoms with Crippen LogP contribution in [0.1, 0.15) is 5.56 Å². The average molecular weight is 147 g/mol. The van der Waals surface area contributed by atoms with Crippen LogP contribution in [-0.2, 0) is 0 Å². The number of hydrogen-bond acceptors (Lipinski definition) is 5. The summed E-state index contributed by atoms with van der Waals surface area (Å²) < 4.78 is 0. The minimum absolute atomic E-state index is 0.450. The van der Waals surface area contributed by atoms with E-state index >= 15 is 0 Å². The zero-order chi connectivity index (χ0) is 7.52. The van der Waals surface area contributed by atoms with Crippen molar-refractivity contribution in [1.82, 2.24) is 15.5 Å². The quantitative estimate of drug-likeness (QED) is 0.565. The summed E-state index contributed by atoms with van der Waals surface area (Å²) in [4.78, 5) is 7.59. The highest BCUT2D eigenvalue weighted by Gasteiger charge is 2.06. The first-order valence-corrected chi connectivity index (χ1v) is 2.91. The van der Waals surface area contributed by atoms with Crippen molar-refractivity contribution in [2.75, 3.05) is 0 Å². The molecule has 6 heteroatoms. The van der Waals surface area contributed by atoms with Crippen molar-refractivity contribution in [3.8, 4) is 0 Å². The third-order valence-electron chi connectivity index (χ3n) is 1.14. The van der Waals surface area contributed by atoms with E-state index < -0.39 is 0 Å². The maximum absolute atomic E-state index is 3.79. The lowest BCUT2D eigenvalue weighted by Gasteiger charge is -1.89. The zero-order valence-corrected chi connectivity index (χ0v) is 5.42. The van der Waals surface area contributed by atoms with Gasteiger partial charge in [0.05, 0.1) is 5.56 Å². The summed E-state index contributed by atoms with van der Waals surface area (Å²) in [6.45, 7) is 0. The molecule has 0 fully saturated rings. The summed E-state index contributed by atoms with van der Waals surface area (Å²) in [6, 6.07) is 0. The summed E-state index contributed by atoms with van der Waals surface area (Å²) in [5, 5.41) is 10.6. The average Bonchev–Trinajstić information content (AvgIpc) is 2.58. The first-order valence-electron chi connectivity index (χ1n) is 2.91. The maximum atomic E-state index is 3.79. The highest BCUT2D eigenvalue weighted by atomic mass is 15.6. The minimum atomic E-state index is 0.450. The smallest absolute Gasteiger partial charge is 0.210 e. The molecule has 1 radical (unpaired) electrons. The predicted molar refractivity (Wildman–Crippen MR) is 35.6 cm³/mol. The molecule has 1 aromatic heterocycles. The van der Waals surface area contributed by atoms with Crippen molar-refractivity contribution in [3.05, 3.63) is 24.3 Å². The molecule has 2 heterocycles. The molecule has 2 rings (SSSR count). The lowest BCUT2D eigenvalue weighted by Crippen LogP contribution is -1.95. The molecular formula is C5H3N6. The van der Waals surface area contributed by atoms with Gasteiger partial charge in [0, 0.05) is 12.4 Å². The van der Waals surface area contributed by atoms with Crippen LogP contribution in [0.25, 0.3) is 0 Å². The number of amidine groups is 1. The standard InChI is InChI=1S/C5H3N6/c1-4(2-7-3-6-1)5-8-10-11-9-5/h1-3H. The van der Waals surface area contributed by atoms with E-state index in [1.807, 2.05) is 0 Å². The van der Waals surface area contributed by atoms with Gasteiger partial charge in [-0.15, -0.1) is 10.2 Å². The molecule has 0 saturated carbocycles. The molecule has 11 heavy (non-hydrogen) atoms. The van der Waals surface area contributed by atoms with E-state index in [-0.39, 0.29) is 0 Å². The van der Waals surface area contributed by atoms with Crippen LogP contribution in [0.2, 0.25) is 0 Å². The Balaban J connectivity index is 2.37. The summed E-state index contributed by atoms with van der Waals surface area (Å²) >= 11 is 0. The van der Waals surface area contributed by atoms with Gasteiger partial charge in [0.15, 0.2) is 0 Å². The van der Waals surface area contributed by atoms with E-state index in [1.165, 1.54) is 6.33 Å². The van der Waals surface area contributed by atoms with Gasteiger partial charge in [-0.1, -0.05) is 0 Å². The lowest BCUT2D eigenvalue weighted by molar-refractivity contribution is 0.780. The molecule has 53 valence electrons. The van der Waals surface area contributed by atoms with Crippen molar-refractivity contribution in [2.45, 2.75) is 0 Å². The molecular weight excluding hydrogens is 144 g/mol. The Bertz CT molecular complexity index is 302. The van der Waals surface area contributed by atoms with Gasteiger partial charge in [0.2, 0.25) is 5.84 Å². The SMILES string of the molecule is c1ncc(C2=N[N]N=N2)cn1. The van der Waals surface area contributed by atoms with Gasteiger partial charge in [-0.3, -0.25) is 0 Å². The van der Waals surface area contributed by atoms with Gasteiger partial charge in [-0.05, 0) is 10.8 Å². The Labute approximate surface area is 62.1 Å². The van der Waals surface area contributed by atoms with E-state index in [2.05, 4.69) is 30.9 Å². The van der Waals surface area contributed by atoms with Crippen LogP contribution in [-0.4, -0.2) is 15.8 Å². The summed E-state index contributed by atoms with van der Waals surface area (Å²) in [5.41, 5.74) is 4.05. The fourth-order valence-corrected chi connectivity index (χ4v) is 0.675. The van der Waals surface area contributed by atoms with Crippen LogP contribution in [0.4, 0.5) is 0 Å². The normalized spacial score (nSPS) is 14.4. The summed E-state index contributed by atoms with van der Waals surface area (Å²) in [5.74, 6) is 0.450. The molecule has 0 amide bonds. The molecule has 1 aliphatic heterocycles. The van der Waals surface area contributed by atoms with Crippen molar-refractivity contribution in [1.29, 1.82) is 0 Å². The molecule has 0 saturated heterocycles. The summed E-state index contributed by atoms with van der Waals surface area (Å²) in [7, 11) is 0. The van der Waals surface area contributed by atoms with Crippen LogP contribution in [0.3, 0.4) is 0 Å². The zero-order valence-electron chi connectivity index (χ0n) is 5.42. The van der Waals surface area contributed by atoms with Crippen LogP contribution >= 0.6 is 0 Å². The number of aromatic nitrogens is 2. The molecule has 0 N–H and O–H groups in total. The van der Waals surface area contributed by atoms with Crippen molar-refractivity contribution in [3.63, 3.8) is 0 Å². The molecule has 0 aromatic carbocycles. The molecule has 0 atom stereocenters. The number of rotatable bonds is 1. The Hall–Kier alpha value is -1.85. The maximum Gasteiger partial charge on any atom is 0.210 e. The third-order valence-corrected chi connectivity index (χ3v) is 1.14. The molecule has 0 aliphatic carbocycles. The van der Waals surface area contributed by atoms with E-state index in [4.69, 9.17) is 0 Å². The van der Waals surface area contributed by atoms with Crippen LogP contribution in [0.15, 0.2) is 34.2 Å². The first-order chi connectivity index (χ1) is 5.47. The Kier molecular flexibility index (Phi) is 1.29. The Morgan fingerprint density at radius 2 is 1.91 bits per heavy atom. The largest absolute Gasteiger partial charge is 0.244 e. The number of hydrogen-bond donors (Lipinski definition) is 0. The second-order valence-corrected chi connectivity index (χ2v) is 1.83. The lowest BCUT2D eigenvalue weighted by atomic mass is 10.3.